The van der Waals surface area contributed by atoms with Crippen LogP contribution in [0.4, 0.5) is 5.82 Å². The number of amides is 2. The van der Waals surface area contributed by atoms with Crippen molar-refractivity contribution in [2.75, 3.05) is 18.4 Å². The molecule has 0 aliphatic carbocycles. The summed E-state index contributed by atoms with van der Waals surface area (Å²) >= 11 is 0. The van der Waals surface area contributed by atoms with Crippen LogP contribution in [0.2, 0.25) is 0 Å². The lowest BCUT2D eigenvalue weighted by Crippen LogP contribution is -2.37. The Kier molecular flexibility index (Phi) is 6.46. The van der Waals surface area contributed by atoms with E-state index in [1.807, 2.05) is 41.9 Å². The molecule has 1 atom stereocenters. The molecule has 2 N–H and O–H groups in total. The molecule has 7 heteroatoms. The first-order valence-electron chi connectivity index (χ1n) is 9.91. The highest BCUT2D eigenvalue weighted by atomic mass is 16.2. The Morgan fingerprint density at radius 3 is 2.96 bits per heavy atom. The predicted octanol–water partition coefficient (Wildman–Crippen LogP) is 2.56. The number of hydrogen-bond donors (Lipinski definition) is 2. The number of hydrogen-bond acceptors (Lipinski definition) is 4. The van der Waals surface area contributed by atoms with Crippen LogP contribution in [-0.2, 0) is 17.9 Å². The normalized spacial score (nSPS) is 17.8. The first-order chi connectivity index (χ1) is 13.5. The second-order valence-corrected chi connectivity index (χ2v) is 7.42. The second kappa shape index (κ2) is 9.01. The lowest BCUT2D eigenvalue weighted by atomic mass is 10.1. The van der Waals surface area contributed by atoms with Gasteiger partial charge in [-0.25, -0.2) is 4.68 Å². The van der Waals surface area contributed by atoms with Crippen LogP contribution >= 0.6 is 0 Å². The minimum Gasteiger partial charge on any atom is -0.355 e. The highest BCUT2D eigenvalue weighted by Gasteiger charge is 2.20. The topological polar surface area (TPSA) is 79.3 Å². The van der Waals surface area contributed by atoms with Gasteiger partial charge in [0.05, 0.1) is 5.69 Å². The quantitative estimate of drug-likeness (QED) is 0.804. The zero-order valence-electron chi connectivity index (χ0n) is 16.9. The van der Waals surface area contributed by atoms with Gasteiger partial charge in [-0.2, -0.15) is 5.10 Å². The number of nitrogens with one attached hydrogen (secondary N) is 2. The van der Waals surface area contributed by atoms with Crippen LogP contribution < -0.4 is 10.6 Å². The van der Waals surface area contributed by atoms with Crippen LogP contribution in [0.5, 0.6) is 0 Å². The van der Waals surface area contributed by atoms with E-state index in [0.29, 0.717) is 25.1 Å². The van der Waals surface area contributed by atoms with Crippen molar-refractivity contribution in [3.05, 3.63) is 47.2 Å². The van der Waals surface area contributed by atoms with Crippen molar-refractivity contribution in [2.45, 2.75) is 52.7 Å². The van der Waals surface area contributed by atoms with Gasteiger partial charge in [-0.15, -0.1) is 0 Å². The van der Waals surface area contributed by atoms with Crippen molar-refractivity contribution >= 4 is 17.6 Å². The third kappa shape index (κ3) is 4.98. The van der Waals surface area contributed by atoms with Gasteiger partial charge in [-0.05, 0) is 38.0 Å². The summed E-state index contributed by atoms with van der Waals surface area (Å²) in [6.07, 6.45) is 1.45. The van der Waals surface area contributed by atoms with Gasteiger partial charge >= 0.3 is 0 Å². The zero-order chi connectivity index (χ0) is 20.1. The molecular weight excluding hydrogens is 354 g/mol. The fourth-order valence-corrected chi connectivity index (χ4v) is 3.44. The second-order valence-electron chi connectivity index (χ2n) is 7.42. The predicted molar refractivity (Wildman–Crippen MR) is 109 cm³/mol. The van der Waals surface area contributed by atoms with Crippen molar-refractivity contribution in [1.82, 2.24) is 20.0 Å². The minimum absolute atomic E-state index is 0.0986. The number of carbonyl (C=O) groups excluding carboxylic acids is 2. The van der Waals surface area contributed by atoms with Gasteiger partial charge in [0, 0.05) is 50.3 Å². The smallest absolute Gasteiger partial charge is 0.256 e. The molecule has 2 aromatic rings. The van der Waals surface area contributed by atoms with Crippen LogP contribution in [0, 0.1) is 6.92 Å². The maximum Gasteiger partial charge on any atom is 0.256 e. The average Bonchev–Trinajstić information content (AvgIpc) is 2.93. The number of anilines is 1. The number of carbonyl (C=O) groups is 2. The summed E-state index contributed by atoms with van der Waals surface area (Å²) in [6, 6.07) is 9.83. The van der Waals surface area contributed by atoms with Crippen LogP contribution in [0.1, 0.15) is 48.3 Å². The summed E-state index contributed by atoms with van der Waals surface area (Å²) in [5.74, 6) is 0.682. The minimum atomic E-state index is -0.139. The van der Waals surface area contributed by atoms with Crippen molar-refractivity contribution < 1.29 is 9.59 Å². The molecule has 1 aromatic carbocycles. The Hall–Kier alpha value is -2.67. The molecule has 3 rings (SSSR count). The fraction of sp³-hybridized carbons (Fsp3) is 0.476. The molecule has 1 aliphatic rings. The van der Waals surface area contributed by atoms with Crippen molar-refractivity contribution in [3.63, 3.8) is 0 Å². The van der Waals surface area contributed by atoms with Crippen molar-refractivity contribution in [1.29, 1.82) is 0 Å². The first-order valence-corrected chi connectivity index (χ1v) is 9.91. The molecule has 2 amide bonds. The Balaban J connectivity index is 1.70. The zero-order valence-corrected chi connectivity index (χ0v) is 16.9. The van der Waals surface area contributed by atoms with E-state index in [2.05, 4.69) is 34.5 Å². The molecule has 0 spiro atoms. The van der Waals surface area contributed by atoms with E-state index in [1.54, 1.807) is 0 Å². The monoisotopic (exact) mass is 383 g/mol. The Morgan fingerprint density at radius 1 is 1.36 bits per heavy atom. The van der Waals surface area contributed by atoms with Crippen LogP contribution in [0.15, 0.2) is 30.3 Å². The van der Waals surface area contributed by atoms with E-state index < -0.39 is 0 Å². The summed E-state index contributed by atoms with van der Waals surface area (Å²) in [7, 11) is 0. The average molecular weight is 383 g/mol. The summed E-state index contributed by atoms with van der Waals surface area (Å²) in [5, 5.41) is 10.3. The van der Waals surface area contributed by atoms with E-state index in [-0.39, 0.29) is 17.9 Å². The summed E-state index contributed by atoms with van der Waals surface area (Å²) in [4.78, 5) is 26.7. The number of benzene rings is 1. The van der Waals surface area contributed by atoms with Crippen LogP contribution in [-0.4, -0.2) is 45.6 Å². The summed E-state index contributed by atoms with van der Waals surface area (Å²) in [6.45, 7) is 8.97. The van der Waals surface area contributed by atoms with Gasteiger partial charge < -0.3 is 10.6 Å². The van der Waals surface area contributed by atoms with Gasteiger partial charge in [0.1, 0.15) is 5.82 Å². The van der Waals surface area contributed by atoms with Gasteiger partial charge in [0.25, 0.3) is 5.91 Å². The summed E-state index contributed by atoms with van der Waals surface area (Å²) < 4.78 is 1.83. The highest BCUT2D eigenvalue weighted by molar-refractivity contribution is 6.03. The van der Waals surface area contributed by atoms with E-state index >= 15 is 0 Å². The van der Waals surface area contributed by atoms with Gasteiger partial charge in [0.2, 0.25) is 5.91 Å². The van der Waals surface area contributed by atoms with Crippen molar-refractivity contribution in [3.8, 4) is 0 Å². The number of nitrogens with zero attached hydrogens (tertiary/aromatic N) is 3. The molecule has 1 saturated heterocycles. The third-order valence-electron chi connectivity index (χ3n) is 5.00. The van der Waals surface area contributed by atoms with Crippen molar-refractivity contribution in [2.24, 2.45) is 0 Å². The van der Waals surface area contributed by atoms with E-state index in [1.165, 1.54) is 0 Å². The Bertz CT molecular complexity index is 845. The molecule has 0 radical (unpaired) electrons. The Morgan fingerprint density at radius 2 is 2.18 bits per heavy atom. The maximum absolute atomic E-state index is 12.8. The molecule has 1 aromatic heterocycles. The van der Waals surface area contributed by atoms with Gasteiger partial charge in [-0.1, -0.05) is 19.1 Å². The molecule has 1 fully saturated rings. The highest BCUT2D eigenvalue weighted by Crippen LogP contribution is 2.16. The molecule has 0 unspecified atom stereocenters. The maximum atomic E-state index is 12.8. The SMILES string of the molecule is CCCn1nc(C)cc1NC(=O)c1cccc(CN2CCC(=O)NC[C@@H]2C)c1. The molecule has 0 saturated carbocycles. The van der Waals surface area contributed by atoms with E-state index in [0.717, 1.165) is 36.6 Å². The lowest BCUT2D eigenvalue weighted by molar-refractivity contribution is -0.120. The first kappa shape index (κ1) is 20.1. The largest absolute Gasteiger partial charge is 0.355 e. The molecule has 2 heterocycles. The lowest BCUT2D eigenvalue weighted by Gasteiger charge is -2.26. The van der Waals surface area contributed by atoms with Crippen LogP contribution in [0.25, 0.3) is 0 Å². The van der Waals surface area contributed by atoms with Gasteiger partial charge in [0.15, 0.2) is 0 Å². The standard InChI is InChI=1S/C21H29N5O2/c1-4-9-26-19(11-15(2)24-26)23-21(28)18-7-5-6-17(12-18)14-25-10-8-20(27)22-13-16(25)3/h5-7,11-12,16H,4,8-10,13-14H2,1-3H3,(H,22,27)(H,23,28)/t16-/m0/s1. The fourth-order valence-electron chi connectivity index (χ4n) is 3.44. The number of aromatic nitrogens is 2. The van der Waals surface area contributed by atoms with Gasteiger partial charge in [-0.3, -0.25) is 14.5 Å². The Labute approximate surface area is 166 Å². The van der Waals surface area contributed by atoms with Crippen LogP contribution in [0.3, 0.4) is 0 Å². The molecule has 0 bridgehead atoms. The molecule has 7 nitrogen and oxygen atoms in total. The third-order valence-corrected chi connectivity index (χ3v) is 5.00. The molecule has 1 aliphatic heterocycles. The molecule has 28 heavy (non-hydrogen) atoms. The number of aryl methyl sites for hydroxylation is 2. The molecule has 150 valence electrons. The molecular formula is C21H29N5O2. The summed E-state index contributed by atoms with van der Waals surface area (Å²) in [5.41, 5.74) is 2.57. The van der Waals surface area contributed by atoms with E-state index in [9.17, 15) is 9.59 Å². The number of rotatable bonds is 6. The van der Waals surface area contributed by atoms with E-state index in [4.69, 9.17) is 0 Å².